The second kappa shape index (κ2) is 40.6. The number of carbonyl (C=O) groups is 9. The largest absolute Gasteiger partial charge is 0.458 e. The summed E-state index contributed by atoms with van der Waals surface area (Å²) in [7, 11) is 0. The molecule has 1 aromatic heterocycles. The summed E-state index contributed by atoms with van der Waals surface area (Å²) in [6.45, 7) is 27.6. The van der Waals surface area contributed by atoms with E-state index in [-0.39, 0.29) is 72.7 Å². The molecule has 0 saturated carbocycles. The standard InChI is InChI=1S/C57H84N6O21/c1-37(2)46(64)76-31-43(32-77-47(65)38(3)4)82-52(70)58-25-19-13-16-22-28-61-55(73)62(29-23-17-14-20-26-59-53(71)83-44(33-78-48(66)39(5)6)34-79-49(67)40(7)8)57(75)63(56(61)74)30-24-18-15-21-27-60-54(72)84-45(35-80-50(68)41(9)10)36-81-51(69)42(11)12/h43-45H,1,3,5,7,9,11,13-36H2,2,4,6,8,10,12H3,(H,58,70)(H,59,71)(H,60,72). The number of nitrogens with zero attached hydrogens (tertiary/aromatic N) is 3. The molecular weight excluding hydrogens is 1100 g/mol. The third-order valence-corrected chi connectivity index (χ3v) is 11.4. The van der Waals surface area contributed by atoms with Gasteiger partial charge in [0.2, 0.25) is 0 Å². The van der Waals surface area contributed by atoms with Crippen molar-refractivity contribution in [2.24, 2.45) is 0 Å². The number of hydrogen-bond acceptors (Lipinski definition) is 21. The van der Waals surface area contributed by atoms with Crippen LogP contribution in [0.5, 0.6) is 0 Å². The summed E-state index contributed by atoms with van der Waals surface area (Å²) in [6, 6.07) is 0. The second-order valence-electron chi connectivity index (χ2n) is 19.7. The SMILES string of the molecule is C=C(C)C(=O)OCC(COC(=O)C(=C)C)OC(=O)NCCCCCCn1c(=O)n(CCCCCCNC(=O)OC(COC(=O)C(=C)C)COC(=O)C(=C)C)c(=O)n(CCCCCCNC(=O)OC(COC(=O)C(=C)C)COC(=O)C(=C)C)c1=O. The zero-order valence-electron chi connectivity index (χ0n) is 49.4. The molecule has 1 aromatic rings. The van der Waals surface area contributed by atoms with Gasteiger partial charge in [-0.15, -0.1) is 0 Å². The highest BCUT2D eigenvalue weighted by molar-refractivity contribution is 5.89. The van der Waals surface area contributed by atoms with Crippen LogP contribution in [-0.4, -0.2) is 145 Å². The fourth-order valence-corrected chi connectivity index (χ4v) is 6.75. The Kier molecular flexibility index (Phi) is 35.6. The highest BCUT2D eigenvalue weighted by Gasteiger charge is 2.24. The minimum atomic E-state index is -1.13. The highest BCUT2D eigenvalue weighted by Crippen LogP contribution is 2.08. The average Bonchev–Trinajstić information content (AvgIpc) is 3.12. The van der Waals surface area contributed by atoms with Crippen LogP contribution in [0.3, 0.4) is 0 Å². The molecule has 0 unspecified atom stereocenters. The van der Waals surface area contributed by atoms with Crippen molar-refractivity contribution >= 4 is 54.1 Å². The van der Waals surface area contributed by atoms with Gasteiger partial charge in [0.1, 0.15) is 39.6 Å². The van der Waals surface area contributed by atoms with Gasteiger partial charge in [0, 0.05) is 72.7 Å². The zero-order valence-corrected chi connectivity index (χ0v) is 49.4. The number of alkyl carbamates (subject to hydrolysis) is 3. The molecule has 0 aromatic carbocycles. The average molecular weight is 1190 g/mol. The molecule has 1 heterocycles. The van der Waals surface area contributed by atoms with Gasteiger partial charge < -0.3 is 58.6 Å². The first kappa shape index (κ1) is 73.5. The van der Waals surface area contributed by atoms with E-state index in [9.17, 15) is 57.5 Å². The molecule has 0 aliphatic heterocycles. The molecule has 0 fully saturated rings. The molecule has 0 spiro atoms. The van der Waals surface area contributed by atoms with Crippen LogP contribution in [0, 0.1) is 0 Å². The third-order valence-electron chi connectivity index (χ3n) is 11.4. The summed E-state index contributed by atoms with van der Waals surface area (Å²) >= 11 is 0. The lowest BCUT2D eigenvalue weighted by Gasteiger charge is -2.18. The highest BCUT2D eigenvalue weighted by atomic mass is 16.6. The van der Waals surface area contributed by atoms with Gasteiger partial charge in [-0.1, -0.05) is 78.0 Å². The van der Waals surface area contributed by atoms with Crippen molar-refractivity contribution in [2.45, 2.75) is 157 Å². The molecule has 0 atom stereocenters. The first-order chi connectivity index (χ1) is 39.7. The molecule has 1 rings (SSSR count). The van der Waals surface area contributed by atoms with Gasteiger partial charge in [-0.05, 0) is 80.1 Å². The van der Waals surface area contributed by atoms with Crippen molar-refractivity contribution in [3.05, 3.63) is 104 Å². The van der Waals surface area contributed by atoms with E-state index in [2.05, 4.69) is 55.4 Å². The Morgan fingerprint density at radius 2 is 0.500 bits per heavy atom. The van der Waals surface area contributed by atoms with Crippen LogP contribution in [0.2, 0.25) is 0 Å². The molecule has 3 amide bonds. The first-order valence-electron chi connectivity index (χ1n) is 27.4. The number of hydrogen-bond donors (Lipinski definition) is 3. The molecule has 0 aliphatic carbocycles. The van der Waals surface area contributed by atoms with E-state index < -0.39 is 129 Å². The maximum absolute atomic E-state index is 13.8. The fraction of sp³-hybridized carbons (Fsp3) is 0.579. The van der Waals surface area contributed by atoms with Crippen LogP contribution < -0.4 is 33.0 Å². The van der Waals surface area contributed by atoms with Crippen LogP contribution in [0.15, 0.2) is 87.3 Å². The monoisotopic (exact) mass is 1190 g/mol. The van der Waals surface area contributed by atoms with E-state index in [4.69, 9.17) is 42.6 Å². The van der Waals surface area contributed by atoms with Gasteiger partial charge in [-0.2, -0.15) is 0 Å². The minimum Gasteiger partial charge on any atom is -0.458 e. The maximum Gasteiger partial charge on any atom is 0.407 e. The van der Waals surface area contributed by atoms with Gasteiger partial charge in [0.15, 0.2) is 18.3 Å². The maximum atomic E-state index is 13.8. The molecule has 0 aliphatic rings. The first-order valence-corrected chi connectivity index (χ1v) is 27.4. The lowest BCUT2D eigenvalue weighted by Crippen LogP contribution is -2.54. The summed E-state index contributed by atoms with van der Waals surface area (Å²) in [5.74, 6) is -4.38. The van der Waals surface area contributed by atoms with Gasteiger partial charge in [-0.3, -0.25) is 0 Å². The smallest absolute Gasteiger partial charge is 0.407 e. The Labute approximate surface area is 488 Å². The number of ether oxygens (including phenoxy) is 9. The molecule has 27 nitrogen and oxygen atoms in total. The molecule has 0 radical (unpaired) electrons. The summed E-state index contributed by atoms with van der Waals surface area (Å²) in [6.07, 6.45) is -0.356. The van der Waals surface area contributed by atoms with Crippen molar-refractivity contribution in [3.63, 3.8) is 0 Å². The zero-order chi connectivity index (χ0) is 63.3. The fourth-order valence-electron chi connectivity index (χ4n) is 6.75. The summed E-state index contributed by atoms with van der Waals surface area (Å²) in [5.41, 5.74) is -1.68. The number of unbranched alkanes of at least 4 members (excludes halogenated alkanes) is 9. The van der Waals surface area contributed by atoms with Crippen molar-refractivity contribution in [1.29, 1.82) is 0 Å². The molecule has 27 heteroatoms. The predicted molar refractivity (Wildman–Crippen MR) is 304 cm³/mol. The van der Waals surface area contributed by atoms with E-state index in [1.807, 2.05) is 0 Å². The Morgan fingerprint density at radius 3 is 0.679 bits per heavy atom. The predicted octanol–water partition coefficient (Wildman–Crippen LogP) is 4.85. The van der Waals surface area contributed by atoms with Crippen LogP contribution in [0.4, 0.5) is 14.4 Å². The van der Waals surface area contributed by atoms with Crippen molar-refractivity contribution in [3.8, 4) is 0 Å². The Hall–Kier alpha value is -8.52. The Morgan fingerprint density at radius 1 is 0.321 bits per heavy atom. The lowest BCUT2D eigenvalue weighted by atomic mass is 10.2. The topological polar surface area (TPSA) is 339 Å². The van der Waals surface area contributed by atoms with Crippen LogP contribution in [-0.2, 0) is 91.0 Å². The number of nitrogens with one attached hydrogen (secondary N) is 3. The number of aromatic nitrogens is 3. The second-order valence-corrected chi connectivity index (χ2v) is 19.7. The Bertz CT molecular complexity index is 2300. The molecule has 3 N–H and O–H groups in total. The van der Waals surface area contributed by atoms with Crippen LogP contribution in [0.1, 0.15) is 119 Å². The van der Waals surface area contributed by atoms with E-state index in [1.165, 1.54) is 41.5 Å². The normalized spacial score (nSPS) is 10.7. The molecule has 468 valence electrons. The van der Waals surface area contributed by atoms with Crippen molar-refractivity contribution in [1.82, 2.24) is 29.7 Å². The lowest BCUT2D eigenvalue weighted by molar-refractivity contribution is -0.149. The molecule has 84 heavy (non-hydrogen) atoms. The number of amides is 3. The van der Waals surface area contributed by atoms with E-state index in [0.717, 1.165) is 13.7 Å². The van der Waals surface area contributed by atoms with E-state index in [1.54, 1.807) is 0 Å². The van der Waals surface area contributed by atoms with Gasteiger partial charge >= 0.3 is 71.2 Å². The van der Waals surface area contributed by atoms with E-state index in [0.29, 0.717) is 77.0 Å². The third kappa shape index (κ3) is 31.1. The van der Waals surface area contributed by atoms with Gasteiger partial charge in [-0.25, -0.2) is 71.2 Å². The van der Waals surface area contributed by atoms with Gasteiger partial charge in [0.05, 0.1) is 0 Å². The summed E-state index contributed by atoms with van der Waals surface area (Å²) in [4.78, 5) is 151. The molecule has 0 saturated heterocycles. The summed E-state index contributed by atoms with van der Waals surface area (Å²) < 4.78 is 49.4. The van der Waals surface area contributed by atoms with E-state index >= 15 is 0 Å². The molecular formula is C57H84N6O21. The number of rotatable bonds is 42. The quantitative estimate of drug-likeness (QED) is 0.0341. The summed E-state index contributed by atoms with van der Waals surface area (Å²) in [5, 5.41) is 7.74. The number of carbonyl (C=O) groups excluding carboxylic acids is 9. The van der Waals surface area contributed by atoms with Crippen molar-refractivity contribution in [2.75, 3.05) is 59.3 Å². The van der Waals surface area contributed by atoms with Crippen LogP contribution >= 0.6 is 0 Å². The van der Waals surface area contributed by atoms with Crippen LogP contribution in [0.25, 0.3) is 0 Å². The molecule has 0 bridgehead atoms. The van der Waals surface area contributed by atoms with Gasteiger partial charge in [0.25, 0.3) is 0 Å². The number of esters is 6. The minimum absolute atomic E-state index is 0.0223. The Balaban J connectivity index is 3.01. The van der Waals surface area contributed by atoms with Crippen molar-refractivity contribution < 1.29 is 85.8 Å².